The zero-order valence-electron chi connectivity index (χ0n) is 12.2. The van der Waals surface area contributed by atoms with Gasteiger partial charge in [0.25, 0.3) is 5.91 Å². The minimum atomic E-state index is -0.358. The van der Waals surface area contributed by atoms with E-state index in [1.165, 1.54) is 18.5 Å². The number of hydrogen-bond donors (Lipinski definition) is 2. The molecular weight excluding hydrogens is 288 g/mol. The van der Waals surface area contributed by atoms with Crippen molar-refractivity contribution in [1.82, 2.24) is 14.8 Å². The molecule has 1 fully saturated rings. The summed E-state index contributed by atoms with van der Waals surface area (Å²) in [5.74, 6) is -0.268. The Morgan fingerprint density at radius 2 is 2.00 bits per heavy atom. The molecule has 0 radical (unpaired) electrons. The molecule has 0 atom stereocenters. The third-order valence-electron chi connectivity index (χ3n) is 3.99. The fourth-order valence-electron chi connectivity index (χ4n) is 2.36. The molecule has 0 aromatic carbocycles. The summed E-state index contributed by atoms with van der Waals surface area (Å²) in [6.45, 7) is 6.52. The van der Waals surface area contributed by atoms with Crippen LogP contribution in [0.1, 0.15) is 24.2 Å². The average molecular weight is 308 g/mol. The van der Waals surface area contributed by atoms with E-state index in [0.29, 0.717) is 31.2 Å². The maximum absolute atomic E-state index is 12.4. The first kappa shape index (κ1) is 15.7. The van der Waals surface area contributed by atoms with E-state index in [2.05, 4.69) is 9.88 Å². The molecule has 2 rings (SSSR count). The highest BCUT2D eigenvalue weighted by molar-refractivity contribution is 7.80. The quantitative estimate of drug-likeness (QED) is 0.796. The second-order valence-electron chi connectivity index (χ2n) is 5.60. The van der Waals surface area contributed by atoms with Gasteiger partial charge < -0.3 is 15.7 Å². The summed E-state index contributed by atoms with van der Waals surface area (Å²) in [7, 11) is 0. The molecule has 114 valence electrons. The van der Waals surface area contributed by atoms with E-state index in [-0.39, 0.29) is 22.8 Å². The van der Waals surface area contributed by atoms with Gasteiger partial charge in [0.1, 0.15) is 5.75 Å². The lowest BCUT2D eigenvalue weighted by molar-refractivity contribution is 0.0537. The number of carbonyl (C=O) groups excluding carboxylic acids is 1. The average Bonchev–Trinajstić information content (AvgIpc) is 2.47. The Kier molecular flexibility index (Phi) is 4.43. The smallest absolute Gasteiger partial charge is 0.257 e. The summed E-state index contributed by atoms with van der Waals surface area (Å²) >= 11 is 5.10. The predicted octanol–water partition coefficient (Wildman–Crippen LogP) is 0.610. The van der Waals surface area contributed by atoms with Gasteiger partial charge in [0.15, 0.2) is 0 Å². The third-order valence-corrected chi connectivity index (χ3v) is 4.49. The number of nitrogens with two attached hydrogens (primary N) is 1. The maximum Gasteiger partial charge on any atom is 0.257 e. The summed E-state index contributed by atoms with van der Waals surface area (Å²) in [6, 6.07) is 1.53. The van der Waals surface area contributed by atoms with Gasteiger partial charge in [0.05, 0.1) is 22.3 Å². The molecule has 21 heavy (non-hydrogen) atoms. The second-order valence-corrected chi connectivity index (χ2v) is 6.04. The molecule has 1 aromatic heterocycles. The summed E-state index contributed by atoms with van der Waals surface area (Å²) < 4.78 is 0. The highest BCUT2D eigenvalue weighted by atomic mass is 32.1. The van der Waals surface area contributed by atoms with Crippen molar-refractivity contribution in [3.05, 3.63) is 24.0 Å². The molecule has 1 amide bonds. The number of aromatic nitrogens is 1. The van der Waals surface area contributed by atoms with Crippen molar-refractivity contribution in [3.8, 4) is 5.75 Å². The molecule has 0 spiro atoms. The van der Waals surface area contributed by atoms with Crippen molar-refractivity contribution in [2.24, 2.45) is 5.73 Å². The van der Waals surface area contributed by atoms with Gasteiger partial charge in [-0.05, 0) is 19.9 Å². The van der Waals surface area contributed by atoms with Crippen LogP contribution in [0.3, 0.4) is 0 Å². The molecule has 0 unspecified atom stereocenters. The molecule has 1 aliphatic heterocycles. The van der Waals surface area contributed by atoms with Crippen molar-refractivity contribution in [1.29, 1.82) is 0 Å². The fourth-order valence-corrected chi connectivity index (χ4v) is 2.49. The zero-order chi connectivity index (χ0) is 15.6. The molecule has 1 saturated heterocycles. The monoisotopic (exact) mass is 308 g/mol. The van der Waals surface area contributed by atoms with E-state index in [9.17, 15) is 9.90 Å². The minimum Gasteiger partial charge on any atom is -0.505 e. The van der Waals surface area contributed by atoms with Crippen molar-refractivity contribution in [2.45, 2.75) is 19.4 Å². The Hall–Kier alpha value is -1.73. The van der Waals surface area contributed by atoms with Crippen LogP contribution < -0.4 is 5.73 Å². The minimum absolute atomic E-state index is 0.0894. The maximum atomic E-state index is 12.4. The topological polar surface area (TPSA) is 82.7 Å². The van der Waals surface area contributed by atoms with Crippen LogP contribution in [0.5, 0.6) is 5.75 Å². The van der Waals surface area contributed by atoms with Gasteiger partial charge in [-0.2, -0.15) is 0 Å². The van der Waals surface area contributed by atoms with Crippen molar-refractivity contribution in [2.75, 3.05) is 26.2 Å². The van der Waals surface area contributed by atoms with E-state index >= 15 is 0 Å². The number of thiocarbonyl (C=S) groups is 1. The number of pyridine rings is 1. The molecule has 2 heterocycles. The first-order chi connectivity index (χ1) is 9.84. The molecule has 1 aliphatic rings. The molecule has 3 N–H and O–H groups in total. The molecule has 1 aromatic rings. The standard InChI is InChI=1S/C14H20N4O2S/c1-14(2,13(15)21)18-7-5-17(6-8-18)12(20)10-3-4-16-9-11(10)19/h3-4,9,19H,5-8H2,1-2H3,(H2,15,21). The van der Waals surface area contributed by atoms with E-state index in [4.69, 9.17) is 18.0 Å². The molecule has 0 saturated carbocycles. The number of amides is 1. The summed E-state index contributed by atoms with van der Waals surface area (Å²) in [5.41, 5.74) is 5.70. The van der Waals surface area contributed by atoms with E-state index in [0.717, 1.165) is 0 Å². The first-order valence-electron chi connectivity index (χ1n) is 6.81. The SMILES string of the molecule is CC(C)(C(N)=S)N1CCN(C(=O)c2ccncc2O)CC1. The van der Waals surface area contributed by atoms with Crippen molar-refractivity contribution < 1.29 is 9.90 Å². The Morgan fingerprint density at radius 1 is 1.38 bits per heavy atom. The van der Waals surface area contributed by atoms with Gasteiger partial charge in [-0.25, -0.2) is 0 Å². The van der Waals surface area contributed by atoms with E-state index < -0.39 is 0 Å². The number of aromatic hydroxyl groups is 1. The molecule has 6 nitrogen and oxygen atoms in total. The van der Waals surface area contributed by atoms with Crippen LogP contribution in [0.25, 0.3) is 0 Å². The lowest BCUT2D eigenvalue weighted by Gasteiger charge is -2.43. The van der Waals surface area contributed by atoms with Gasteiger partial charge >= 0.3 is 0 Å². The Balaban J connectivity index is 2.03. The highest BCUT2D eigenvalue weighted by Gasteiger charge is 2.33. The molecule has 0 aliphatic carbocycles. The summed E-state index contributed by atoms with van der Waals surface area (Å²) in [5, 5.41) is 9.71. The number of rotatable bonds is 3. The number of hydrogen-bond acceptors (Lipinski definition) is 5. The van der Waals surface area contributed by atoms with Crippen LogP contribution >= 0.6 is 12.2 Å². The van der Waals surface area contributed by atoms with Crippen molar-refractivity contribution >= 4 is 23.1 Å². The lowest BCUT2D eigenvalue weighted by atomic mass is 10.0. The van der Waals surface area contributed by atoms with Crippen LogP contribution in [0, 0.1) is 0 Å². The predicted molar refractivity (Wildman–Crippen MR) is 84.2 cm³/mol. The number of carbonyl (C=O) groups is 1. The highest BCUT2D eigenvalue weighted by Crippen LogP contribution is 2.21. The van der Waals surface area contributed by atoms with Crippen LogP contribution in [0.2, 0.25) is 0 Å². The number of piperazine rings is 1. The van der Waals surface area contributed by atoms with Gasteiger partial charge in [-0.15, -0.1) is 0 Å². The first-order valence-corrected chi connectivity index (χ1v) is 7.22. The van der Waals surface area contributed by atoms with Crippen molar-refractivity contribution in [3.63, 3.8) is 0 Å². The van der Waals surface area contributed by atoms with Crippen LogP contribution in [0.4, 0.5) is 0 Å². The van der Waals surface area contributed by atoms with Crippen LogP contribution in [-0.4, -0.2) is 62.5 Å². The molecular formula is C14H20N4O2S. The lowest BCUT2D eigenvalue weighted by Crippen LogP contribution is -2.59. The van der Waals surface area contributed by atoms with E-state index in [1.54, 1.807) is 4.90 Å². The largest absolute Gasteiger partial charge is 0.505 e. The zero-order valence-corrected chi connectivity index (χ0v) is 13.1. The molecule has 0 bridgehead atoms. The van der Waals surface area contributed by atoms with Crippen LogP contribution in [-0.2, 0) is 0 Å². The fraction of sp³-hybridized carbons (Fsp3) is 0.500. The third kappa shape index (κ3) is 3.14. The second kappa shape index (κ2) is 5.95. The Morgan fingerprint density at radius 3 is 2.52 bits per heavy atom. The normalized spacial score (nSPS) is 16.8. The van der Waals surface area contributed by atoms with Gasteiger partial charge in [-0.3, -0.25) is 14.7 Å². The van der Waals surface area contributed by atoms with E-state index in [1.807, 2.05) is 13.8 Å². The number of nitrogens with zero attached hydrogens (tertiary/aromatic N) is 3. The van der Waals surface area contributed by atoms with Gasteiger partial charge in [-0.1, -0.05) is 12.2 Å². The molecule has 7 heteroatoms. The Labute approximate surface area is 129 Å². The van der Waals surface area contributed by atoms with Gasteiger partial charge in [0.2, 0.25) is 0 Å². The summed E-state index contributed by atoms with van der Waals surface area (Å²) in [4.78, 5) is 20.5. The van der Waals surface area contributed by atoms with Gasteiger partial charge in [0, 0.05) is 32.4 Å². The summed E-state index contributed by atoms with van der Waals surface area (Å²) in [6.07, 6.45) is 2.78. The Bertz CT molecular complexity index is 554. The van der Waals surface area contributed by atoms with Crippen LogP contribution in [0.15, 0.2) is 18.5 Å².